The maximum Gasteiger partial charge on any atom is 0.251 e. The molecule has 3 heterocycles. The maximum absolute atomic E-state index is 12.4. The molecule has 1 aromatic rings. The summed E-state index contributed by atoms with van der Waals surface area (Å²) >= 11 is 0. The van der Waals surface area contributed by atoms with Crippen LogP contribution in [0, 0.1) is 11.3 Å². The van der Waals surface area contributed by atoms with Crippen LogP contribution in [0.5, 0.6) is 0 Å². The molecule has 2 saturated carbocycles. The van der Waals surface area contributed by atoms with Crippen molar-refractivity contribution in [2.45, 2.75) is 76.7 Å². The summed E-state index contributed by atoms with van der Waals surface area (Å²) in [5.74, 6) is 2.02. The molecule has 0 radical (unpaired) electrons. The summed E-state index contributed by atoms with van der Waals surface area (Å²) in [5, 5.41) is 3.10. The van der Waals surface area contributed by atoms with Gasteiger partial charge in [-0.3, -0.25) is 4.79 Å². The third kappa shape index (κ3) is 4.82. The Morgan fingerprint density at radius 3 is 2.77 bits per heavy atom. The van der Waals surface area contributed by atoms with E-state index in [4.69, 9.17) is 0 Å². The molecule has 2 aliphatic heterocycles. The van der Waals surface area contributed by atoms with Crippen molar-refractivity contribution in [3.8, 4) is 0 Å². The lowest BCUT2D eigenvalue weighted by molar-refractivity contribution is 0.0951. The second-order valence-corrected chi connectivity index (χ2v) is 10.5. The molecule has 1 aromatic heterocycles. The number of hydrogen-bond donors (Lipinski definition) is 1. The van der Waals surface area contributed by atoms with E-state index >= 15 is 0 Å². The zero-order chi connectivity index (χ0) is 20.4. The van der Waals surface area contributed by atoms with E-state index in [1.54, 1.807) is 6.20 Å². The Kier molecular flexibility index (Phi) is 5.99. The molecule has 2 saturated heterocycles. The Morgan fingerprint density at radius 1 is 1.07 bits per heavy atom. The molecule has 164 valence electrons. The Hall–Kier alpha value is -1.62. The minimum atomic E-state index is 0.0571. The number of carbonyl (C=O) groups excluding carboxylic acids is 1. The summed E-state index contributed by atoms with van der Waals surface area (Å²) < 4.78 is 0. The number of rotatable bonds is 6. The van der Waals surface area contributed by atoms with Crippen LogP contribution in [0.3, 0.4) is 0 Å². The molecule has 5 nitrogen and oxygen atoms in total. The summed E-state index contributed by atoms with van der Waals surface area (Å²) in [6.45, 7) is 5.98. The van der Waals surface area contributed by atoms with Gasteiger partial charge in [0.1, 0.15) is 5.82 Å². The first kappa shape index (κ1) is 20.3. The van der Waals surface area contributed by atoms with Crippen molar-refractivity contribution in [2.24, 2.45) is 11.3 Å². The molecule has 1 spiro atoms. The van der Waals surface area contributed by atoms with E-state index < -0.39 is 0 Å². The van der Waals surface area contributed by atoms with Gasteiger partial charge in [0.15, 0.2) is 0 Å². The molecule has 0 bridgehead atoms. The highest BCUT2D eigenvalue weighted by Crippen LogP contribution is 2.40. The lowest BCUT2D eigenvalue weighted by atomic mass is 9.79. The molecule has 0 aromatic carbocycles. The summed E-state index contributed by atoms with van der Waals surface area (Å²) in [4.78, 5) is 22.3. The van der Waals surface area contributed by atoms with Crippen LogP contribution in [0.1, 0.15) is 81.0 Å². The minimum absolute atomic E-state index is 0.0571. The third-order valence-corrected chi connectivity index (χ3v) is 8.00. The predicted octanol–water partition coefficient (Wildman–Crippen LogP) is 4.24. The van der Waals surface area contributed by atoms with E-state index in [-0.39, 0.29) is 5.91 Å². The highest BCUT2D eigenvalue weighted by molar-refractivity contribution is 5.95. The first-order chi connectivity index (χ1) is 14.7. The van der Waals surface area contributed by atoms with Crippen molar-refractivity contribution in [2.75, 3.05) is 37.6 Å². The SMILES string of the molecule is O=C(NC1CC1)c1ccnc(N2CCC3(CCCN(CCC4CCCCC4)C3)C2)c1. The average Bonchev–Trinajstić information content (AvgIpc) is 3.52. The molecule has 1 unspecified atom stereocenters. The zero-order valence-electron chi connectivity index (χ0n) is 18.5. The minimum Gasteiger partial charge on any atom is -0.356 e. The van der Waals surface area contributed by atoms with Crippen LogP contribution >= 0.6 is 0 Å². The average molecular weight is 411 g/mol. The van der Waals surface area contributed by atoms with Crippen LogP contribution < -0.4 is 10.2 Å². The van der Waals surface area contributed by atoms with Crippen LogP contribution in [-0.2, 0) is 0 Å². The van der Waals surface area contributed by atoms with Crippen molar-refractivity contribution in [1.29, 1.82) is 0 Å². The molecule has 2 aliphatic carbocycles. The van der Waals surface area contributed by atoms with Gasteiger partial charge in [-0.15, -0.1) is 0 Å². The molecule has 4 aliphatic rings. The normalized spacial score (nSPS) is 28.2. The monoisotopic (exact) mass is 410 g/mol. The van der Waals surface area contributed by atoms with Crippen LogP contribution in [0.2, 0.25) is 0 Å². The number of hydrogen-bond acceptors (Lipinski definition) is 4. The van der Waals surface area contributed by atoms with E-state index in [0.717, 1.165) is 43.2 Å². The fourth-order valence-electron chi connectivity index (χ4n) is 6.03. The van der Waals surface area contributed by atoms with Crippen molar-refractivity contribution < 1.29 is 4.79 Å². The molecule has 4 fully saturated rings. The number of carbonyl (C=O) groups is 1. The Labute approximate surface area is 181 Å². The van der Waals surface area contributed by atoms with Crippen molar-refractivity contribution in [1.82, 2.24) is 15.2 Å². The van der Waals surface area contributed by atoms with Crippen LogP contribution in [0.4, 0.5) is 5.82 Å². The molecule has 1 N–H and O–H groups in total. The van der Waals surface area contributed by atoms with E-state index in [1.165, 1.54) is 77.4 Å². The Morgan fingerprint density at radius 2 is 1.93 bits per heavy atom. The lowest BCUT2D eigenvalue weighted by Gasteiger charge is -2.41. The number of nitrogens with one attached hydrogen (secondary N) is 1. The molecule has 1 atom stereocenters. The number of piperidine rings is 1. The van der Waals surface area contributed by atoms with Gasteiger partial charge in [0.2, 0.25) is 0 Å². The van der Waals surface area contributed by atoms with E-state index in [9.17, 15) is 4.79 Å². The molecular weight excluding hydrogens is 372 g/mol. The maximum atomic E-state index is 12.4. The Balaban J connectivity index is 1.17. The van der Waals surface area contributed by atoms with Crippen LogP contribution in [0.15, 0.2) is 18.3 Å². The molecule has 30 heavy (non-hydrogen) atoms. The third-order valence-electron chi connectivity index (χ3n) is 8.00. The number of likely N-dealkylation sites (tertiary alicyclic amines) is 1. The van der Waals surface area contributed by atoms with Crippen molar-refractivity contribution in [3.63, 3.8) is 0 Å². The molecular formula is C25H38N4O. The van der Waals surface area contributed by atoms with Crippen molar-refractivity contribution >= 4 is 11.7 Å². The summed E-state index contributed by atoms with van der Waals surface area (Å²) in [7, 11) is 0. The standard InChI is InChI=1S/C25H38N4O/c30-24(27-22-7-8-22)21-9-13-26-23(17-21)29-16-12-25(19-29)11-4-14-28(18-25)15-10-20-5-2-1-3-6-20/h9,13,17,20,22H,1-8,10-12,14-16,18-19H2,(H,27,30). The quantitative estimate of drug-likeness (QED) is 0.762. The van der Waals surface area contributed by atoms with Gasteiger partial charge in [0.05, 0.1) is 0 Å². The summed E-state index contributed by atoms with van der Waals surface area (Å²) in [6, 6.07) is 4.24. The second kappa shape index (κ2) is 8.86. The molecule has 5 heteroatoms. The zero-order valence-corrected chi connectivity index (χ0v) is 18.5. The van der Waals surface area contributed by atoms with E-state index in [0.29, 0.717) is 11.5 Å². The number of anilines is 1. The first-order valence-electron chi connectivity index (χ1n) is 12.4. The lowest BCUT2D eigenvalue weighted by Crippen LogP contribution is -2.45. The van der Waals surface area contributed by atoms with Gasteiger partial charge in [0.25, 0.3) is 5.91 Å². The van der Waals surface area contributed by atoms with E-state index in [1.807, 2.05) is 12.1 Å². The number of nitrogens with zero attached hydrogens (tertiary/aromatic N) is 3. The second-order valence-electron chi connectivity index (χ2n) is 10.5. The van der Waals surface area contributed by atoms with Gasteiger partial charge in [-0.1, -0.05) is 32.1 Å². The summed E-state index contributed by atoms with van der Waals surface area (Å²) in [6.07, 6.45) is 16.7. The summed E-state index contributed by atoms with van der Waals surface area (Å²) in [5.41, 5.74) is 1.17. The van der Waals surface area contributed by atoms with Crippen LogP contribution in [0.25, 0.3) is 0 Å². The van der Waals surface area contributed by atoms with Gasteiger partial charge >= 0.3 is 0 Å². The fraction of sp³-hybridized carbons (Fsp3) is 0.760. The van der Waals surface area contributed by atoms with Crippen molar-refractivity contribution in [3.05, 3.63) is 23.9 Å². The fourth-order valence-corrected chi connectivity index (χ4v) is 6.03. The highest BCUT2D eigenvalue weighted by atomic mass is 16.1. The highest BCUT2D eigenvalue weighted by Gasteiger charge is 2.41. The number of amides is 1. The smallest absolute Gasteiger partial charge is 0.251 e. The van der Waals surface area contributed by atoms with Gasteiger partial charge in [-0.2, -0.15) is 0 Å². The predicted molar refractivity (Wildman–Crippen MR) is 121 cm³/mol. The van der Waals surface area contributed by atoms with Crippen LogP contribution in [-0.4, -0.2) is 54.6 Å². The molecule has 5 rings (SSSR count). The topological polar surface area (TPSA) is 48.5 Å². The van der Waals surface area contributed by atoms with Gasteiger partial charge in [-0.25, -0.2) is 4.98 Å². The van der Waals surface area contributed by atoms with Gasteiger partial charge in [-0.05, 0) is 69.7 Å². The number of aromatic nitrogens is 1. The van der Waals surface area contributed by atoms with E-state index in [2.05, 4.69) is 20.1 Å². The largest absolute Gasteiger partial charge is 0.356 e. The molecule has 1 amide bonds. The Bertz CT molecular complexity index is 742. The van der Waals surface area contributed by atoms with Gasteiger partial charge < -0.3 is 15.1 Å². The number of pyridine rings is 1. The van der Waals surface area contributed by atoms with Gasteiger partial charge in [0, 0.05) is 42.9 Å². The first-order valence-corrected chi connectivity index (χ1v) is 12.4.